The minimum Gasteiger partial charge on any atom is -0.483 e. The van der Waals surface area contributed by atoms with Gasteiger partial charge in [-0.3, -0.25) is 19.5 Å². The molecule has 1 saturated heterocycles. The molecule has 1 aromatic carbocycles. The summed E-state index contributed by atoms with van der Waals surface area (Å²) in [5.74, 6) is 0. The number of benzene rings is 1. The number of aldehydes is 3. The Morgan fingerprint density at radius 2 is 1.22 bits per heavy atom. The topological polar surface area (TPSA) is 101 Å². The number of aryl methyl sites for hydroxylation is 1. The Hall–Kier alpha value is -2.46. The van der Waals surface area contributed by atoms with Gasteiger partial charge < -0.3 is 24.4 Å². The van der Waals surface area contributed by atoms with Crippen LogP contribution in [-0.4, -0.2) is 128 Å². The lowest BCUT2D eigenvalue weighted by molar-refractivity contribution is -0.123. The molecule has 9 nitrogen and oxygen atoms in total. The van der Waals surface area contributed by atoms with Gasteiger partial charge in [-0.2, -0.15) is 0 Å². The second kappa shape index (κ2) is 21.8. The van der Waals surface area contributed by atoms with Gasteiger partial charge in [0.1, 0.15) is 18.9 Å². The monoisotopic (exact) mass is 506 g/mol. The fraction of sp³-hybridized carbons (Fsp3) is 0.630. The van der Waals surface area contributed by atoms with Gasteiger partial charge in [-0.25, -0.2) is 0 Å². The minimum atomic E-state index is -0.250. The van der Waals surface area contributed by atoms with Crippen LogP contribution in [0, 0.1) is 6.92 Å². The smallest absolute Gasteiger partial charge is 0.290 e. The first-order chi connectivity index (χ1) is 17.5. The van der Waals surface area contributed by atoms with Crippen LogP contribution >= 0.6 is 0 Å². The zero-order chi connectivity index (χ0) is 27.2. The maximum absolute atomic E-state index is 11.5. The molecular formula is C27H46N4O5. The molecule has 0 bridgehead atoms. The molecule has 9 heteroatoms. The van der Waals surface area contributed by atoms with Crippen molar-refractivity contribution in [3.8, 4) is 0 Å². The Kier molecular flexibility index (Phi) is 20.3. The molecule has 0 aliphatic carbocycles. The highest BCUT2D eigenvalue weighted by Crippen LogP contribution is 2.13. The molecule has 36 heavy (non-hydrogen) atoms. The standard InChI is InChI=1S/C24H38N4O3.C2H6.CH2O2/c1-3-25-8-9-26(14-17-29)10-11-27(15-18-30)12-13-28(16-19-31)24(21-25)20-23-6-4-22(2)5-7-23;1-2;2-1-3/h4-7,17-19,24H,3,8-16,20-21H2,1-2H3;1-2H3;1H,(H,2,3). The van der Waals surface area contributed by atoms with Crippen LogP contribution in [0.25, 0.3) is 0 Å². The zero-order valence-electron chi connectivity index (χ0n) is 22.6. The predicted molar refractivity (Wildman–Crippen MR) is 143 cm³/mol. The highest BCUT2D eigenvalue weighted by molar-refractivity contribution is 5.53. The Balaban J connectivity index is 0.00000227. The lowest BCUT2D eigenvalue weighted by atomic mass is 10.0. The molecular weight excluding hydrogens is 460 g/mol. The summed E-state index contributed by atoms with van der Waals surface area (Å²) >= 11 is 0. The molecule has 204 valence electrons. The number of hydrogen-bond acceptors (Lipinski definition) is 8. The van der Waals surface area contributed by atoms with Crippen LogP contribution in [-0.2, 0) is 25.6 Å². The van der Waals surface area contributed by atoms with Crippen molar-refractivity contribution in [3.05, 3.63) is 35.4 Å². The van der Waals surface area contributed by atoms with E-state index in [-0.39, 0.29) is 12.5 Å². The van der Waals surface area contributed by atoms with Crippen molar-refractivity contribution in [2.45, 2.75) is 40.2 Å². The molecule has 1 unspecified atom stereocenters. The van der Waals surface area contributed by atoms with Gasteiger partial charge >= 0.3 is 0 Å². The molecule has 0 aromatic heterocycles. The van der Waals surface area contributed by atoms with E-state index in [4.69, 9.17) is 9.90 Å². The van der Waals surface area contributed by atoms with Crippen LogP contribution < -0.4 is 0 Å². The van der Waals surface area contributed by atoms with E-state index >= 15 is 0 Å². The Morgan fingerprint density at radius 3 is 1.67 bits per heavy atom. The minimum absolute atomic E-state index is 0.199. The third-order valence-corrected chi connectivity index (χ3v) is 6.17. The molecule has 1 fully saturated rings. The Bertz CT molecular complexity index is 717. The number of carbonyl (C=O) groups excluding carboxylic acids is 3. The van der Waals surface area contributed by atoms with E-state index in [1.807, 2.05) is 13.8 Å². The fourth-order valence-corrected chi connectivity index (χ4v) is 4.14. The van der Waals surface area contributed by atoms with Gasteiger partial charge in [-0.15, -0.1) is 0 Å². The first kappa shape index (κ1) is 33.5. The van der Waals surface area contributed by atoms with E-state index in [1.54, 1.807) is 0 Å². The summed E-state index contributed by atoms with van der Waals surface area (Å²) in [5, 5.41) is 6.89. The van der Waals surface area contributed by atoms with E-state index in [1.165, 1.54) is 11.1 Å². The summed E-state index contributed by atoms with van der Waals surface area (Å²) in [6.07, 6.45) is 3.75. The Labute approximate surface area is 217 Å². The third-order valence-electron chi connectivity index (χ3n) is 6.17. The second-order valence-electron chi connectivity index (χ2n) is 8.44. The summed E-state index contributed by atoms with van der Waals surface area (Å²) < 4.78 is 0. The quantitative estimate of drug-likeness (QED) is 0.499. The average molecular weight is 507 g/mol. The average Bonchev–Trinajstić information content (AvgIpc) is 2.88. The van der Waals surface area contributed by atoms with Gasteiger partial charge in [0.05, 0.1) is 19.6 Å². The highest BCUT2D eigenvalue weighted by atomic mass is 16.3. The summed E-state index contributed by atoms with van der Waals surface area (Å²) in [4.78, 5) is 51.1. The first-order valence-electron chi connectivity index (χ1n) is 12.9. The van der Waals surface area contributed by atoms with Gasteiger partial charge in [0.2, 0.25) is 0 Å². The number of nitrogens with zero attached hydrogens (tertiary/aromatic N) is 4. The maximum Gasteiger partial charge on any atom is 0.290 e. The number of carbonyl (C=O) groups is 4. The van der Waals surface area contributed by atoms with E-state index < -0.39 is 0 Å². The molecule has 0 spiro atoms. The van der Waals surface area contributed by atoms with E-state index in [0.29, 0.717) is 19.6 Å². The molecule has 1 aliphatic rings. The van der Waals surface area contributed by atoms with Crippen LogP contribution in [0.1, 0.15) is 31.9 Å². The number of likely N-dealkylation sites (N-methyl/N-ethyl adjacent to an activating group) is 1. The van der Waals surface area contributed by atoms with Gasteiger partial charge in [0.25, 0.3) is 6.47 Å². The Morgan fingerprint density at radius 1 is 0.778 bits per heavy atom. The maximum atomic E-state index is 11.5. The number of carboxylic acid groups (broad SMARTS) is 1. The molecule has 1 aliphatic heterocycles. The SMILES string of the molecule is CC.CCN1CCN(CC=O)CCN(CC=O)CCN(CC=O)C(Cc2ccc(C)cc2)C1.O=CO. The summed E-state index contributed by atoms with van der Waals surface area (Å²) in [5.41, 5.74) is 2.50. The van der Waals surface area contributed by atoms with E-state index in [2.05, 4.69) is 57.7 Å². The normalized spacial score (nSPS) is 18.7. The van der Waals surface area contributed by atoms with E-state index in [0.717, 1.165) is 77.6 Å². The van der Waals surface area contributed by atoms with Crippen LogP contribution in [0.3, 0.4) is 0 Å². The molecule has 0 radical (unpaired) electrons. The van der Waals surface area contributed by atoms with Crippen LogP contribution in [0.2, 0.25) is 0 Å². The van der Waals surface area contributed by atoms with Gasteiger partial charge in [-0.05, 0) is 25.5 Å². The molecule has 1 heterocycles. The predicted octanol–water partition coefficient (Wildman–Crippen LogP) is 1.47. The zero-order valence-corrected chi connectivity index (χ0v) is 22.6. The van der Waals surface area contributed by atoms with Gasteiger partial charge in [-0.1, -0.05) is 50.6 Å². The lowest BCUT2D eigenvalue weighted by Crippen LogP contribution is -2.51. The number of hydrogen-bond donors (Lipinski definition) is 1. The van der Waals surface area contributed by atoms with Crippen molar-refractivity contribution < 1.29 is 24.3 Å². The fourth-order valence-electron chi connectivity index (χ4n) is 4.14. The van der Waals surface area contributed by atoms with Crippen LogP contribution in [0.5, 0.6) is 0 Å². The van der Waals surface area contributed by atoms with Crippen molar-refractivity contribution in [3.63, 3.8) is 0 Å². The van der Waals surface area contributed by atoms with Crippen molar-refractivity contribution in [1.29, 1.82) is 0 Å². The van der Waals surface area contributed by atoms with Crippen molar-refractivity contribution >= 4 is 25.3 Å². The molecule has 1 N–H and O–H groups in total. The number of rotatable bonds is 9. The van der Waals surface area contributed by atoms with Crippen molar-refractivity contribution in [2.75, 3.05) is 72.0 Å². The largest absolute Gasteiger partial charge is 0.483 e. The van der Waals surface area contributed by atoms with E-state index in [9.17, 15) is 14.4 Å². The summed E-state index contributed by atoms with van der Waals surface area (Å²) in [6, 6.07) is 8.81. The summed E-state index contributed by atoms with van der Waals surface area (Å²) in [7, 11) is 0. The van der Waals surface area contributed by atoms with Crippen molar-refractivity contribution in [1.82, 2.24) is 19.6 Å². The first-order valence-corrected chi connectivity index (χ1v) is 12.9. The van der Waals surface area contributed by atoms with Crippen molar-refractivity contribution in [2.24, 2.45) is 0 Å². The second-order valence-corrected chi connectivity index (χ2v) is 8.44. The molecule has 2 rings (SSSR count). The molecule has 0 amide bonds. The molecule has 1 atom stereocenters. The van der Waals surface area contributed by atoms with Gasteiger partial charge in [0, 0.05) is 51.9 Å². The van der Waals surface area contributed by atoms with Crippen LogP contribution in [0.15, 0.2) is 24.3 Å². The molecule has 1 aromatic rings. The highest BCUT2D eigenvalue weighted by Gasteiger charge is 2.23. The van der Waals surface area contributed by atoms with Crippen LogP contribution in [0.4, 0.5) is 0 Å². The summed E-state index contributed by atoms with van der Waals surface area (Å²) in [6.45, 7) is 15.6. The molecule has 0 saturated carbocycles. The van der Waals surface area contributed by atoms with Gasteiger partial charge in [0.15, 0.2) is 0 Å². The lowest BCUT2D eigenvalue weighted by Gasteiger charge is -2.37. The third kappa shape index (κ3) is 14.2.